The predicted octanol–water partition coefficient (Wildman–Crippen LogP) is 9.82. The molecule has 0 saturated heterocycles. The van der Waals surface area contributed by atoms with E-state index in [1.165, 1.54) is 12.8 Å². The molecule has 0 bridgehead atoms. The second-order valence-corrected chi connectivity index (χ2v) is 10.1. The molecule has 2 rings (SSSR count). The smallest absolute Gasteiger partial charge is 0.131 e. The number of rotatable bonds is 18. The first-order valence-corrected chi connectivity index (χ1v) is 14.4. The monoisotopic (exact) mass is 482 g/mol. The lowest BCUT2D eigenvalue weighted by Gasteiger charge is -2.19. The molecule has 3 nitrogen and oxygen atoms in total. The molecule has 0 aliphatic heterocycles. The Morgan fingerprint density at radius 1 is 0.457 bits per heavy atom. The zero-order valence-corrected chi connectivity index (χ0v) is 22.9. The summed E-state index contributed by atoms with van der Waals surface area (Å²) in [6, 6.07) is 8.02. The van der Waals surface area contributed by atoms with E-state index in [1.54, 1.807) is 0 Å². The molecule has 0 amide bonds. The quantitative estimate of drug-likeness (QED) is 0.208. The average molecular weight is 483 g/mol. The predicted molar refractivity (Wildman–Crippen MR) is 149 cm³/mol. The van der Waals surface area contributed by atoms with Gasteiger partial charge in [0.25, 0.3) is 0 Å². The maximum atomic E-state index is 10.7. The molecule has 0 fully saturated rings. The molecule has 0 radical (unpaired) electrons. The van der Waals surface area contributed by atoms with Gasteiger partial charge < -0.3 is 14.9 Å². The second-order valence-electron chi connectivity index (χ2n) is 10.1. The highest BCUT2D eigenvalue weighted by Gasteiger charge is 2.16. The molecule has 2 aromatic carbocycles. The van der Waals surface area contributed by atoms with Gasteiger partial charge in [-0.15, -0.1) is 0 Å². The molecule has 196 valence electrons. The van der Waals surface area contributed by atoms with E-state index in [9.17, 15) is 10.2 Å². The normalized spacial score (nSPS) is 11.2. The Kier molecular flexibility index (Phi) is 13.7. The lowest BCUT2D eigenvalue weighted by molar-refractivity contribution is 0.441. The highest BCUT2D eigenvalue weighted by atomic mass is 16.5. The Hall–Kier alpha value is -2.16. The van der Waals surface area contributed by atoms with Crippen LogP contribution in [0.5, 0.6) is 23.0 Å². The molecule has 0 heterocycles. The van der Waals surface area contributed by atoms with Crippen LogP contribution in [0.2, 0.25) is 0 Å². The van der Waals surface area contributed by atoms with Crippen LogP contribution in [0.4, 0.5) is 0 Å². The van der Waals surface area contributed by atoms with Crippen molar-refractivity contribution >= 4 is 0 Å². The number of phenolic OH excluding ortho intramolecular Hbond substituents is 2. The van der Waals surface area contributed by atoms with Crippen molar-refractivity contribution in [1.82, 2.24) is 0 Å². The Labute approximate surface area is 214 Å². The molecule has 0 aliphatic rings. The summed E-state index contributed by atoms with van der Waals surface area (Å²) in [7, 11) is 0. The van der Waals surface area contributed by atoms with Gasteiger partial charge in [-0.2, -0.15) is 0 Å². The zero-order valence-electron chi connectivity index (χ0n) is 22.9. The van der Waals surface area contributed by atoms with Gasteiger partial charge in [0, 0.05) is 0 Å². The molecule has 2 N–H and O–H groups in total. The van der Waals surface area contributed by atoms with Crippen LogP contribution < -0.4 is 4.74 Å². The van der Waals surface area contributed by atoms with Crippen molar-refractivity contribution in [3.8, 4) is 23.0 Å². The molecule has 0 aromatic heterocycles. The lowest BCUT2D eigenvalue weighted by atomic mass is 9.98. The van der Waals surface area contributed by atoms with E-state index in [1.807, 2.05) is 12.1 Å². The molecule has 0 spiro atoms. The number of unbranched alkanes of at least 4 members (excludes halogenated alkanes) is 8. The summed E-state index contributed by atoms with van der Waals surface area (Å²) in [4.78, 5) is 0. The zero-order chi connectivity index (χ0) is 25.5. The van der Waals surface area contributed by atoms with Crippen LogP contribution in [0, 0.1) is 0 Å². The fraction of sp³-hybridized carbons (Fsp3) is 0.625. The third-order valence-electron chi connectivity index (χ3n) is 6.94. The summed E-state index contributed by atoms with van der Waals surface area (Å²) in [5.41, 5.74) is 4.11. The Morgan fingerprint density at radius 2 is 0.771 bits per heavy atom. The standard InChI is InChI=1S/C32H50O3/c1-5-9-13-17-25-23-31(27(21-29(25)33)19-15-11-7-3)35-32-24-26(18-14-10-6-2)30(34)22-28(32)20-16-12-8-4/h21-24,33-34H,5-20H2,1-4H3. The molecule has 0 aliphatic carbocycles. The molecule has 0 saturated carbocycles. The Balaban J connectivity index is 2.42. The average Bonchev–Trinajstić information content (AvgIpc) is 2.84. The van der Waals surface area contributed by atoms with E-state index in [0.717, 1.165) is 124 Å². The lowest BCUT2D eigenvalue weighted by Crippen LogP contribution is -2.00. The number of benzene rings is 2. The van der Waals surface area contributed by atoms with Crippen LogP contribution in [0.1, 0.15) is 127 Å². The highest BCUT2D eigenvalue weighted by Crippen LogP contribution is 2.38. The van der Waals surface area contributed by atoms with E-state index < -0.39 is 0 Å². The maximum Gasteiger partial charge on any atom is 0.131 e. The molecule has 0 atom stereocenters. The van der Waals surface area contributed by atoms with Gasteiger partial charge in [0.1, 0.15) is 23.0 Å². The first-order valence-electron chi connectivity index (χ1n) is 14.4. The number of hydrogen-bond acceptors (Lipinski definition) is 3. The van der Waals surface area contributed by atoms with Crippen molar-refractivity contribution in [1.29, 1.82) is 0 Å². The van der Waals surface area contributed by atoms with E-state index in [4.69, 9.17) is 4.74 Å². The highest BCUT2D eigenvalue weighted by molar-refractivity contribution is 5.51. The summed E-state index contributed by atoms with van der Waals surface area (Å²) < 4.78 is 6.68. The largest absolute Gasteiger partial charge is 0.508 e. The van der Waals surface area contributed by atoms with Crippen LogP contribution in [-0.4, -0.2) is 10.2 Å². The van der Waals surface area contributed by atoms with Crippen molar-refractivity contribution in [3.05, 3.63) is 46.5 Å². The number of ether oxygens (including phenoxy) is 1. The maximum absolute atomic E-state index is 10.7. The molecular formula is C32H50O3. The van der Waals surface area contributed by atoms with Crippen LogP contribution in [0.3, 0.4) is 0 Å². The van der Waals surface area contributed by atoms with Crippen molar-refractivity contribution < 1.29 is 14.9 Å². The van der Waals surface area contributed by atoms with Gasteiger partial charge in [-0.3, -0.25) is 0 Å². The van der Waals surface area contributed by atoms with Gasteiger partial charge in [0.05, 0.1) is 0 Å². The molecule has 3 heteroatoms. The van der Waals surface area contributed by atoms with Crippen LogP contribution in [0.15, 0.2) is 24.3 Å². The fourth-order valence-corrected chi connectivity index (χ4v) is 4.67. The van der Waals surface area contributed by atoms with Gasteiger partial charge >= 0.3 is 0 Å². The van der Waals surface area contributed by atoms with E-state index in [-0.39, 0.29) is 0 Å². The number of aryl methyl sites for hydroxylation is 4. The van der Waals surface area contributed by atoms with Gasteiger partial charge in [-0.25, -0.2) is 0 Å². The van der Waals surface area contributed by atoms with Gasteiger partial charge in [0.2, 0.25) is 0 Å². The molecule has 35 heavy (non-hydrogen) atoms. The first kappa shape index (κ1) is 29.1. The SMILES string of the molecule is CCCCCc1cc(Oc2cc(CCCCC)c(O)cc2CCCCC)c(CCCCC)cc1O. The van der Waals surface area contributed by atoms with Crippen molar-refractivity contribution in [2.24, 2.45) is 0 Å². The summed E-state index contributed by atoms with van der Waals surface area (Å²) >= 11 is 0. The van der Waals surface area contributed by atoms with Gasteiger partial charge in [-0.05, 0) is 97.9 Å². The van der Waals surface area contributed by atoms with Crippen molar-refractivity contribution in [2.75, 3.05) is 0 Å². The van der Waals surface area contributed by atoms with E-state index in [0.29, 0.717) is 11.5 Å². The van der Waals surface area contributed by atoms with Gasteiger partial charge in [0.15, 0.2) is 0 Å². The number of hydrogen-bond donors (Lipinski definition) is 2. The summed E-state index contributed by atoms with van der Waals surface area (Å²) in [5, 5.41) is 21.5. The minimum atomic E-state index is 0.397. The second kappa shape index (κ2) is 16.5. The first-order chi connectivity index (χ1) is 17.0. The summed E-state index contributed by atoms with van der Waals surface area (Å²) in [6.45, 7) is 8.83. The third-order valence-corrected chi connectivity index (χ3v) is 6.94. The van der Waals surface area contributed by atoms with Crippen LogP contribution in [-0.2, 0) is 25.7 Å². The number of phenols is 2. The topological polar surface area (TPSA) is 49.7 Å². The molecule has 2 aromatic rings. The third kappa shape index (κ3) is 9.78. The van der Waals surface area contributed by atoms with E-state index in [2.05, 4.69) is 39.8 Å². The van der Waals surface area contributed by atoms with Crippen LogP contribution >= 0.6 is 0 Å². The molecular weight excluding hydrogens is 432 g/mol. The van der Waals surface area contributed by atoms with Crippen molar-refractivity contribution in [2.45, 2.75) is 130 Å². The Morgan fingerprint density at radius 3 is 1.09 bits per heavy atom. The van der Waals surface area contributed by atoms with E-state index >= 15 is 0 Å². The van der Waals surface area contributed by atoms with Crippen LogP contribution in [0.25, 0.3) is 0 Å². The minimum absolute atomic E-state index is 0.397. The summed E-state index contributed by atoms with van der Waals surface area (Å²) in [6.07, 6.45) is 17.2. The fourth-order valence-electron chi connectivity index (χ4n) is 4.67. The summed E-state index contributed by atoms with van der Waals surface area (Å²) in [5.74, 6) is 2.53. The molecule has 0 unspecified atom stereocenters. The number of aromatic hydroxyl groups is 2. The van der Waals surface area contributed by atoms with Gasteiger partial charge in [-0.1, -0.05) is 79.1 Å². The van der Waals surface area contributed by atoms with Crippen molar-refractivity contribution in [3.63, 3.8) is 0 Å². The minimum Gasteiger partial charge on any atom is -0.508 e. The Bertz CT molecular complexity index is 800.